The van der Waals surface area contributed by atoms with Gasteiger partial charge in [-0.2, -0.15) is 0 Å². The van der Waals surface area contributed by atoms with E-state index in [0.29, 0.717) is 19.4 Å². The lowest BCUT2D eigenvalue weighted by Crippen LogP contribution is -2.45. The number of amides is 1. The summed E-state index contributed by atoms with van der Waals surface area (Å²) in [4.78, 5) is 25.0. The zero-order valence-electron chi connectivity index (χ0n) is 27.0. The van der Waals surface area contributed by atoms with Crippen molar-refractivity contribution in [1.82, 2.24) is 10.6 Å². The molecule has 0 bridgehead atoms. The maximum atomic E-state index is 12.9. The molecule has 0 saturated carbocycles. The number of aliphatic carboxylic acids is 1. The monoisotopic (exact) mass is 640 g/mol. The minimum atomic E-state index is -1.09. The largest absolute Gasteiger partial charge is 0.497 e. The van der Waals surface area contributed by atoms with Crippen molar-refractivity contribution in [2.45, 2.75) is 36.8 Å². The van der Waals surface area contributed by atoms with E-state index in [1.165, 1.54) is 0 Å². The number of carbonyl (C=O) groups is 2. The average Bonchev–Trinajstić information content (AvgIpc) is 3.46. The fraction of sp³-hybridized carbons (Fsp3) is 0.220. The van der Waals surface area contributed by atoms with Gasteiger partial charge in [-0.05, 0) is 76.9 Å². The summed E-state index contributed by atoms with van der Waals surface area (Å²) < 4.78 is 11.1. The van der Waals surface area contributed by atoms with E-state index in [2.05, 4.69) is 59.2 Å². The highest BCUT2D eigenvalue weighted by atomic mass is 16.5. The summed E-state index contributed by atoms with van der Waals surface area (Å²) in [6.45, 7) is 0.732. The topological polar surface area (TPSA) is 96.9 Å². The number of ether oxygens (including phenoxy) is 2. The molecule has 0 radical (unpaired) electrons. The van der Waals surface area contributed by atoms with Gasteiger partial charge >= 0.3 is 12.1 Å². The average molecular weight is 641 g/mol. The highest BCUT2D eigenvalue weighted by Crippen LogP contribution is 2.44. The molecule has 7 nitrogen and oxygen atoms in total. The van der Waals surface area contributed by atoms with Crippen LogP contribution >= 0.6 is 0 Å². The number of hydrogen-bond donors (Lipinski definition) is 3. The number of benzene rings is 5. The summed E-state index contributed by atoms with van der Waals surface area (Å²) >= 11 is 0. The Morgan fingerprint density at radius 3 is 1.77 bits per heavy atom. The van der Waals surface area contributed by atoms with Crippen LogP contribution in [0.5, 0.6) is 5.75 Å². The Kier molecular flexibility index (Phi) is 10.2. The van der Waals surface area contributed by atoms with Crippen LogP contribution in [0.25, 0.3) is 11.1 Å². The molecule has 1 aliphatic rings. The molecule has 244 valence electrons. The van der Waals surface area contributed by atoms with Crippen LogP contribution in [0.3, 0.4) is 0 Å². The molecule has 0 saturated heterocycles. The van der Waals surface area contributed by atoms with Gasteiger partial charge in [-0.15, -0.1) is 0 Å². The molecule has 5 aromatic carbocycles. The SMILES string of the molecule is COc1ccc(C(NCCCC[C@@H](NC(=O)OCC2c3ccccc3-c3ccccc32)C(=O)O)(c2ccccc2)c2ccccc2)cc1. The minimum Gasteiger partial charge on any atom is -0.497 e. The van der Waals surface area contributed by atoms with E-state index in [4.69, 9.17) is 9.47 Å². The van der Waals surface area contributed by atoms with Gasteiger partial charge in [0.1, 0.15) is 18.4 Å². The number of fused-ring (bicyclic) bond motifs is 3. The van der Waals surface area contributed by atoms with Gasteiger partial charge in [0, 0.05) is 5.92 Å². The predicted molar refractivity (Wildman–Crippen MR) is 187 cm³/mol. The molecule has 0 spiro atoms. The number of carbonyl (C=O) groups excluding carboxylic acids is 1. The van der Waals surface area contributed by atoms with Gasteiger partial charge < -0.3 is 19.9 Å². The highest BCUT2D eigenvalue weighted by molar-refractivity contribution is 5.81. The Morgan fingerprint density at radius 2 is 1.23 bits per heavy atom. The predicted octanol–water partition coefficient (Wildman–Crippen LogP) is 7.74. The number of rotatable bonds is 14. The highest BCUT2D eigenvalue weighted by Gasteiger charge is 2.36. The molecule has 0 heterocycles. The molecular formula is C41H40N2O5. The van der Waals surface area contributed by atoms with Crippen molar-refractivity contribution in [3.8, 4) is 16.9 Å². The molecule has 0 unspecified atom stereocenters. The second kappa shape index (κ2) is 15.0. The standard InChI is InChI=1S/C41H40N2O5/c1-47-32-25-23-31(24-26-32)41(29-14-4-2-5-15-29,30-16-6-3-7-17-30)42-27-13-12-22-38(39(44)45)43-40(46)48-28-37-35-20-10-8-18-33(35)34-19-9-11-21-36(34)37/h2-11,14-21,23-26,37-38,42H,12-13,22,27-28H2,1H3,(H,43,46)(H,44,45)/t38-/m1/s1. The Labute approximate surface area is 281 Å². The first kappa shape index (κ1) is 32.5. The third-order valence-electron chi connectivity index (χ3n) is 9.18. The normalized spacial score (nSPS) is 12.9. The van der Waals surface area contributed by atoms with Gasteiger partial charge in [0.2, 0.25) is 0 Å². The fourth-order valence-electron chi connectivity index (χ4n) is 6.81. The zero-order valence-corrected chi connectivity index (χ0v) is 27.0. The van der Waals surface area contributed by atoms with Crippen LogP contribution in [-0.2, 0) is 15.1 Å². The number of carboxylic acid groups (broad SMARTS) is 1. The number of unbranched alkanes of at least 4 members (excludes halogenated alkanes) is 1. The van der Waals surface area contributed by atoms with Gasteiger partial charge in [-0.1, -0.05) is 121 Å². The van der Waals surface area contributed by atoms with Crippen LogP contribution in [-0.4, -0.2) is 43.5 Å². The molecule has 5 aromatic rings. The fourth-order valence-corrected chi connectivity index (χ4v) is 6.81. The van der Waals surface area contributed by atoms with Crippen LogP contribution in [0.15, 0.2) is 133 Å². The van der Waals surface area contributed by atoms with Crippen molar-refractivity contribution in [3.05, 3.63) is 161 Å². The van der Waals surface area contributed by atoms with Crippen LogP contribution in [0, 0.1) is 0 Å². The van der Waals surface area contributed by atoms with Gasteiger partial charge in [-0.25, -0.2) is 9.59 Å². The van der Waals surface area contributed by atoms with E-state index in [9.17, 15) is 14.7 Å². The first-order valence-corrected chi connectivity index (χ1v) is 16.4. The summed E-state index contributed by atoms with van der Waals surface area (Å²) in [5, 5.41) is 16.4. The van der Waals surface area contributed by atoms with Crippen molar-refractivity contribution in [3.63, 3.8) is 0 Å². The van der Waals surface area contributed by atoms with Crippen molar-refractivity contribution >= 4 is 12.1 Å². The molecule has 1 aliphatic carbocycles. The summed E-state index contributed by atoms with van der Waals surface area (Å²) in [5.74, 6) is -0.410. The maximum Gasteiger partial charge on any atom is 0.407 e. The van der Waals surface area contributed by atoms with E-state index >= 15 is 0 Å². The molecule has 3 N–H and O–H groups in total. The van der Waals surface area contributed by atoms with Crippen molar-refractivity contribution < 1.29 is 24.2 Å². The van der Waals surface area contributed by atoms with E-state index in [0.717, 1.165) is 44.7 Å². The van der Waals surface area contributed by atoms with Gasteiger partial charge in [-0.3, -0.25) is 5.32 Å². The number of methoxy groups -OCH3 is 1. The lowest BCUT2D eigenvalue weighted by molar-refractivity contribution is -0.139. The van der Waals surface area contributed by atoms with Crippen LogP contribution in [0.4, 0.5) is 4.79 Å². The number of nitrogens with one attached hydrogen (secondary N) is 2. The van der Waals surface area contributed by atoms with E-state index in [-0.39, 0.29) is 18.9 Å². The number of carboxylic acids is 1. The van der Waals surface area contributed by atoms with Crippen LogP contribution in [0.1, 0.15) is 53.0 Å². The Balaban J connectivity index is 1.09. The van der Waals surface area contributed by atoms with Gasteiger partial charge in [0.05, 0.1) is 12.6 Å². The first-order chi connectivity index (χ1) is 23.5. The molecule has 7 heteroatoms. The summed E-state index contributed by atoms with van der Waals surface area (Å²) in [6, 6.07) is 43.8. The summed E-state index contributed by atoms with van der Waals surface area (Å²) in [7, 11) is 1.65. The first-order valence-electron chi connectivity index (χ1n) is 16.4. The molecule has 0 aliphatic heterocycles. The Hall–Kier alpha value is -5.40. The zero-order chi connectivity index (χ0) is 33.3. The minimum absolute atomic E-state index is 0.0994. The van der Waals surface area contributed by atoms with E-state index in [1.807, 2.05) is 84.9 Å². The summed E-state index contributed by atoms with van der Waals surface area (Å²) in [6.07, 6.45) is 0.811. The molecule has 0 fully saturated rings. The van der Waals surface area contributed by atoms with Crippen molar-refractivity contribution in [1.29, 1.82) is 0 Å². The summed E-state index contributed by atoms with van der Waals surface area (Å²) in [5.41, 5.74) is 7.05. The molecule has 0 aromatic heterocycles. The number of hydrogen-bond acceptors (Lipinski definition) is 5. The molecule has 6 rings (SSSR count). The van der Waals surface area contributed by atoms with Crippen molar-refractivity contribution in [2.75, 3.05) is 20.3 Å². The molecule has 1 amide bonds. The smallest absolute Gasteiger partial charge is 0.407 e. The van der Waals surface area contributed by atoms with Gasteiger partial charge in [0.15, 0.2) is 0 Å². The molecule has 1 atom stereocenters. The van der Waals surface area contributed by atoms with Gasteiger partial charge in [0.25, 0.3) is 0 Å². The molecule has 48 heavy (non-hydrogen) atoms. The van der Waals surface area contributed by atoms with Crippen LogP contribution < -0.4 is 15.4 Å². The van der Waals surface area contributed by atoms with E-state index in [1.54, 1.807) is 7.11 Å². The second-order valence-corrected chi connectivity index (χ2v) is 12.0. The van der Waals surface area contributed by atoms with E-state index < -0.39 is 23.6 Å². The van der Waals surface area contributed by atoms with Crippen LogP contribution in [0.2, 0.25) is 0 Å². The quantitative estimate of drug-likeness (QED) is 0.0849. The molecular weight excluding hydrogens is 600 g/mol. The third-order valence-corrected chi connectivity index (χ3v) is 9.18. The lowest BCUT2D eigenvalue weighted by atomic mass is 9.77. The Bertz CT molecular complexity index is 1740. The lowest BCUT2D eigenvalue weighted by Gasteiger charge is -2.37. The Morgan fingerprint density at radius 1 is 0.708 bits per heavy atom. The number of alkyl carbamates (subject to hydrolysis) is 1. The van der Waals surface area contributed by atoms with Crippen molar-refractivity contribution in [2.24, 2.45) is 0 Å². The second-order valence-electron chi connectivity index (χ2n) is 12.0. The maximum absolute atomic E-state index is 12.9. The third kappa shape index (κ3) is 6.82.